The second-order valence-electron chi connectivity index (χ2n) is 8.17. The van der Waals surface area contributed by atoms with Gasteiger partial charge in [-0.05, 0) is 30.9 Å². The minimum absolute atomic E-state index is 0.0930. The molecule has 2 atom stereocenters. The first-order valence-electron chi connectivity index (χ1n) is 10.5. The second-order valence-corrected chi connectivity index (χ2v) is 8.17. The van der Waals surface area contributed by atoms with Crippen molar-refractivity contribution in [3.8, 4) is 5.75 Å². The lowest BCUT2D eigenvalue weighted by atomic mass is 9.94. The molecular formula is C22H25N5O2. The van der Waals surface area contributed by atoms with Crippen molar-refractivity contribution in [2.45, 2.75) is 30.8 Å². The Balaban J connectivity index is 1.38. The zero-order valence-corrected chi connectivity index (χ0v) is 16.3. The highest BCUT2D eigenvalue weighted by molar-refractivity contribution is 5.88. The van der Waals surface area contributed by atoms with Crippen molar-refractivity contribution in [3.05, 3.63) is 47.9 Å². The first-order valence-corrected chi connectivity index (χ1v) is 10.5. The molecule has 1 aliphatic carbocycles. The molecule has 1 saturated heterocycles. The third kappa shape index (κ3) is 3.14. The molecule has 0 spiro atoms. The summed E-state index contributed by atoms with van der Waals surface area (Å²) in [7, 11) is 0. The fourth-order valence-electron chi connectivity index (χ4n) is 4.58. The molecule has 7 heteroatoms. The second kappa shape index (κ2) is 7.00. The van der Waals surface area contributed by atoms with Crippen molar-refractivity contribution in [3.63, 3.8) is 0 Å². The average molecular weight is 391 g/mol. The quantitative estimate of drug-likeness (QED) is 0.712. The van der Waals surface area contributed by atoms with E-state index in [0.717, 1.165) is 48.9 Å². The Bertz CT molecular complexity index is 1020. The highest BCUT2D eigenvalue weighted by Gasteiger charge is 2.36. The van der Waals surface area contributed by atoms with Gasteiger partial charge in [0.15, 0.2) is 0 Å². The number of ether oxygens (including phenoxy) is 2. The maximum absolute atomic E-state index is 6.13. The predicted octanol–water partition coefficient (Wildman–Crippen LogP) is 3.08. The number of hydrogen-bond acceptors (Lipinski definition) is 6. The SMILES string of the molecule is c1ccc2c(c1)OC[C@@H](N1CCOCC1)[C@H]2Nc1ncnc2[nH]c(C3CC3)cc12. The highest BCUT2D eigenvalue weighted by Crippen LogP contribution is 2.42. The van der Waals surface area contributed by atoms with Crippen LogP contribution in [0.25, 0.3) is 11.0 Å². The molecule has 0 unspecified atom stereocenters. The van der Waals surface area contributed by atoms with Gasteiger partial charge in [0, 0.05) is 24.3 Å². The molecule has 2 fully saturated rings. The van der Waals surface area contributed by atoms with E-state index in [4.69, 9.17) is 9.47 Å². The number of fused-ring (bicyclic) bond motifs is 2. The van der Waals surface area contributed by atoms with E-state index >= 15 is 0 Å². The van der Waals surface area contributed by atoms with E-state index in [1.165, 1.54) is 24.1 Å². The van der Waals surface area contributed by atoms with Crippen LogP contribution in [0, 0.1) is 0 Å². The van der Waals surface area contributed by atoms with E-state index in [1.807, 2.05) is 6.07 Å². The largest absolute Gasteiger partial charge is 0.491 e. The van der Waals surface area contributed by atoms with Crippen LogP contribution >= 0.6 is 0 Å². The minimum Gasteiger partial charge on any atom is -0.491 e. The summed E-state index contributed by atoms with van der Waals surface area (Å²) in [6.45, 7) is 4.03. The van der Waals surface area contributed by atoms with Crippen molar-refractivity contribution in [2.75, 3.05) is 38.2 Å². The Labute approximate surface area is 169 Å². The molecule has 2 aromatic heterocycles. The van der Waals surface area contributed by atoms with Crippen LogP contribution in [0.1, 0.15) is 36.1 Å². The molecule has 0 radical (unpaired) electrons. The molecule has 2 N–H and O–H groups in total. The van der Waals surface area contributed by atoms with Crippen LogP contribution < -0.4 is 10.1 Å². The minimum atomic E-state index is 0.0930. The third-order valence-electron chi connectivity index (χ3n) is 6.32. The first kappa shape index (κ1) is 17.2. The number of para-hydroxylation sites is 1. The number of nitrogens with zero attached hydrogens (tertiary/aromatic N) is 3. The smallest absolute Gasteiger partial charge is 0.143 e. The molecule has 4 heterocycles. The molecule has 3 aromatic rings. The van der Waals surface area contributed by atoms with Crippen molar-refractivity contribution in [2.24, 2.45) is 0 Å². The number of morpholine rings is 1. The van der Waals surface area contributed by atoms with E-state index in [-0.39, 0.29) is 12.1 Å². The fraction of sp³-hybridized carbons (Fsp3) is 0.455. The number of H-pyrrole nitrogens is 1. The lowest BCUT2D eigenvalue weighted by Crippen LogP contribution is -2.52. The van der Waals surface area contributed by atoms with Crippen LogP contribution in [0.15, 0.2) is 36.7 Å². The fourth-order valence-corrected chi connectivity index (χ4v) is 4.58. The van der Waals surface area contributed by atoms with Gasteiger partial charge < -0.3 is 19.8 Å². The first-order chi connectivity index (χ1) is 14.4. The number of anilines is 1. The van der Waals surface area contributed by atoms with Crippen LogP contribution in [0.2, 0.25) is 0 Å². The molecule has 7 nitrogen and oxygen atoms in total. The summed E-state index contributed by atoms with van der Waals surface area (Å²) >= 11 is 0. The average Bonchev–Trinajstić information content (AvgIpc) is 3.53. The molecule has 1 saturated carbocycles. The summed E-state index contributed by atoms with van der Waals surface area (Å²) in [5, 5.41) is 4.84. The number of benzene rings is 1. The van der Waals surface area contributed by atoms with Gasteiger partial charge in [-0.15, -0.1) is 0 Å². The van der Waals surface area contributed by atoms with Crippen molar-refractivity contribution < 1.29 is 9.47 Å². The molecule has 6 rings (SSSR count). The molecule has 0 amide bonds. The van der Waals surface area contributed by atoms with Gasteiger partial charge in [0.2, 0.25) is 0 Å². The topological polar surface area (TPSA) is 75.3 Å². The molecule has 1 aromatic carbocycles. The van der Waals surface area contributed by atoms with Crippen molar-refractivity contribution >= 4 is 16.9 Å². The van der Waals surface area contributed by atoms with Gasteiger partial charge in [0.25, 0.3) is 0 Å². The van der Waals surface area contributed by atoms with Gasteiger partial charge >= 0.3 is 0 Å². The van der Waals surface area contributed by atoms with E-state index in [0.29, 0.717) is 12.5 Å². The maximum Gasteiger partial charge on any atom is 0.143 e. The monoisotopic (exact) mass is 391 g/mol. The van der Waals surface area contributed by atoms with E-state index in [1.54, 1.807) is 6.33 Å². The molecule has 2 aliphatic heterocycles. The van der Waals surface area contributed by atoms with Crippen molar-refractivity contribution in [1.29, 1.82) is 0 Å². The van der Waals surface area contributed by atoms with Gasteiger partial charge in [-0.1, -0.05) is 18.2 Å². The number of nitrogens with one attached hydrogen (secondary N) is 2. The van der Waals surface area contributed by atoms with Gasteiger partial charge in [0.05, 0.1) is 30.7 Å². The van der Waals surface area contributed by atoms with E-state index in [9.17, 15) is 0 Å². The standard InChI is InChI=1S/C22H25N5O2/c1-2-4-19-15(3-1)20(18(12-29-19)27-7-9-28-10-8-27)26-22-16-11-17(14-5-6-14)25-21(16)23-13-24-22/h1-4,11,13-14,18,20H,5-10,12H2,(H2,23,24,25,26)/t18-,20+/m1/s1. The third-order valence-corrected chi connectivity index (χ3v) is 6.32. The molecule has 29 heavy (non-hydrogen) atoms. The zero-order chi connectivity index (χ0) is 19.2. The van der Waals surface area contributed by atoms with Gasteiger partial charge in [0.1, 0.15) is 30.1 Å². The van der Waals surface area contributed by atoms with Crippen molar-refractivity contribution in [1.82, 2.24) is 19.9 Å². The number of aromatic amines is 1. The van der Waals surface area contributed by atoms with Crippen LogP contribution in [-0.2, 0) is 4.74 Å². The summed E-state index contributed by atoms with van der Waals surface area (Å²) in [5.74, 6) is 2.49. The summed E-state index contributed by atoms with van der Waals surface area (Å²) < 4.78 is 11.7. The Morgan fingerprint density at radius 1 is 1.10 bits per heavy atom. The van der Waals surface area contributed by atoms with E-state index in [2.05, 4.69) is 49.4 Å². The molecule has 3 aliphatic rings. The van der Waals surface area contributed by atoms with Gasteiger partial charge in [-0.3, -0.25) is 4.90 Å². The molecule has 150 valence electrons. The van der Waals surface area contributed by atoms with Crippen LogP contribution in [0.4, 0.5) is 5.82 Å². The Kier molecular flexibility index (Phi) is 4.16. The van der Waals surface area contributed by atoms with Crippen LogP contribution in [-0.4, -0.2) is 58.8 Å². The number of aromatic nitrogens is 3. The molecule has 0 bridgehead atoms. The Morgan fingerprint density at radius 2 is 1.97 bits per heavy atom. The summed E-state index contributed by atoms with van der Waals surface area (Å²) in [5.41, 5.74) is 3.37. The zero-order valence-electron chi connectivity index (χ0n) is 16.3. The summed E-state index contributed by atoms with van der Waals surface area (Å²) in [4.78, 5) is 15.0. The lowest BCUT2D eigenvalue weighted by molar-refractivity contribution is -0.00341. The van der Waals surface area contributed by atoms with Crippen LogP contribution in [0.3, 0.4) is 0 Å². The van der Waals surface area contributed by atoms with Crippen LogP contribution in [0.5, 0.6) is 5.75 Å². The predicted molar refractivity (Wildman–Crippen MR) is 110 cm³/mol. The highest BCUT2D eigenvalue weighted by atomic mass is 16.5. The Hall–Kier alpha value is -2.64. The number of rotatable bonds is 4. The number of hydrogen-bond donors (Lipinski definition) is 2. The Morgan fingerprint density at radius 3 is 2.83 bits per heavy atom. The summed E-state index contributed by atoms with van der Waals surface area (Å²) in [6, 6.07) is 10.9. The maximum atomic E-state index is 6.13. The lowest BCUT2D eigenvalue weighted by Gasteiger charge is -2.42. The van der Waals surface area contributed by atoms with Gasteiger partial charge in [-0.25, -0.2) is 9.97 Å². The van der Waals surface area contributed by atoms with E-state index < -0.39 is 0 Å². The summed E-state index contributed by atoms with van der Waals surface area (Å²) in [6.07, 6.45) is 4.16. The van der Waals surface area contributed by atoms with Gasteiger partial charge in [-0.2, -0.15) is 0 Å². The normalized spacial score (nSPS) is 24.8. The molecular weight excluding hydrogens is 366 g/mol.